The van der Waals surface area contributed by atoms with Crippen LogP contribution in [0.4, 0.5) is 5.69 Å². The van der Waals surface area contributed by atoms with E-state index in [0.717, 1.165) is 11.6 Å². The lowest BCUT2D eigenvalue weighted by Crippen LogP contribution is -2.30. The number of aromatic nitrogens is 2. The fourth-order valence-corrected chi connectivity index (χ4v) is 4.70. The predicted molar refractivity (Wildman–Crippen MR) is 121 cm³/mol. The van der Waals surface area contributed by atoms with Crippen molar-refractivity contribution in [2.75, 3.05) is 13.1 Å². The van der Waals surface area contributed by atoms with Gasteiger partial charge in [-0.15, -0.1) is 0 Å². The van der Waals surface area contributed by atoms with Crippen molar-refractivity contribution in [2.45, 2.75) is 45.1 Å². The number of nitrogens with zero attached hydrogens (tertiary/aromatic N) is 4. The summed E-state index contributed by atoms with van der Waals surface area (Å²) in [5.74, 6) is 0.808. The molecule has 11 heteroatoms. The number of benzene rings is 2. The summed E-state index contributed by atoms with van der Waals surface area (Å²) in [7, 11) is -3.84. The zero-order valence-electron chi connectivity index (χ0n) is 18.9. The van der Waals surface area contributed by atoms with Crippen LogP contribution in [0.5, 0.6) is 5.75 Å². The van der Waals surface area contributed by atoms with Crippen LogP contribution in [0.15, 0.2) is 51.9 Å². The fourth-order valence-electron chi connectivity index (χ4n) is 3.22. The van der Waals surface area contributed by atoms with E-state index >= 15 is 0 Å². The molecular weight excluding hydrogens is 448 g/mol. The predicted octanol–water partition coefficient (Wildman–Crippen LogP) is 4.38. The summed E-state index contributed by atoms with van der Waals surface area (Å²) in [5, 5.41) is 15.5. The average Bonchev–Trinajstić information content (AvgIpc) is 3.27. The van der Waals surface area contributed by atoms with Crippen LogP contribution in [-0.4, -0.2) is 40.9 Å². The van der Waals surface area contributed by atoms with Crippen molar-refractivity contribution in [1.29, 1.82) is 0 Å². The lowest BCUT2D eigenvalue weighted by molar-refractivity contribution is -0.386. The molecule has 2 aromatic carbocycles. The highest BCUT2D eigenvalue weighted by Crippen LogP contribution is 2.31. The van der Waals surface area contributed by atoms with Crippen LogP contribution in [-0.2, 0) is 16.6 Å². The van der Waals surface area contributed by atoms with E-state index in [4.69, 9.17) is 9.26 Å². The zero-order valence-corrected chi connectivity index (χ0v) is 19.7. The smallest absolute Gasteiger partial charge is 0.312 e. The Morgan fingerprint density at radius 1 is 1.12 bits per heavy atom. The summed E-state index contributed by atoms with van der Waals surface area (Å²) in [4.78, 5) is 15.0. The van der Waals surface area contributed by atoms with E-state index in [-0.39, 0.29) is 36.2 Å². The summed E-state index contributed by atoms with van der Waals surface area (Å²) < 4.78 is 37.3. The molecule has 0 spiro atoms. The van der Waals surface area contributed by atoms with Crippen LogP contribution in [0.3, 0.4) is 0 Å². The Kier molecular flexibility index (Phi) is 7.44. The van der Waals surface area contributed by atoms with Crippen LogP contribution >= 0.6 is 0 Å². The number of hydrogen-bond donors (Lipinski definition) is 0. The molecule has 0 atom stereocenters. The number of nitro groups is 1. The molecule has 3 aromatic rings. The fraction of sp³-hybridized carbons (Fsp3) is 0.364. The number of rotatable bonds is 10. The second-order valence-corrected chi connectivity index (χ2v) is 9.49. The molecule has 0 amide bonds. The van der Waals surface area contributed by atoms with E-state index in [1.165, 1.54) is 22.0 Å². The normalized spacial score (nSPS) is 11.8. The van der Waals surface area contributed by atoms with Gasteiger partial charge < -0.3 is 9.26 Å². The van der Waals surface area contributed by atoms with Crippen molar-refractivity contribution in [3.8, 4) is 17.1 Å². The third-order valence-corrected chi connectivity index (χ3v) is 7.17. The Balaban J connectivity index is 1.78. The minimum atomic E-state index is -3.84. The summed E-state index contributed by atoms with van der Waals surface area (Å²) in [5.41, 5.74) is 1.49. The van der Waals surface area contributed by atoms with E-state index < -0.39 is 20.6 Å². The van der Waals surface area contributed by atoms with Gasteiger partial charge in [-0.25, -0.2) is 8.42 Å². The monoisotopic (exact) mass is 474 g/mol. The van der Waals surface area contributed by atoms with Gasteiger partial charge in [0.25, 0.3) is 5.89 Å². The molecular formula is C22H26N4O6S. The summed E-state index contributed by atoms with van der Waals surface area (Å²) in [6.45, 7) is 7.90. The zero-order chi connectivity index (χ0) is 24.2. The Labute approximate surface area is 192 Å². The van der Waals surface area contributed by atoms with Crippen molar-refractivity contribution in [2.24, 2.45) is 0 Å². The molecule has 1 aromatic heterocycles. The van der Waals surface area contributed by atoms with Gasteiger partial charge in [0.15, 0.2) is 12.4 Å². The summed E-state index contributed by atoms with van der Waals surface area (Å²) >= 11 is 0. The molecule has 0 fully saturated rings. The molecule has 176 valence electrons. The summed E-state index contributed by atoms with van der Waals surface area (Å²) in [6.07, 6.45) is 0. The lowest BCUT2D eigenvalue weighted by atomic mass is 10.0. The third kappa shape index (κ3) is 5.37. The van der Waals surface area contributed by atoms with Gasteiger partial charge in [0, 0.05) is 24.7 Å². The van der Waals surface area contributed by atoms with Gasteiger partial charge in [-0.3, -0.25) is 10.1 Å². The summed E-state index contributed by atoms with van der Waals surface area (Å²) in [6, 6.07) is 11.3. The Morgan fingerprint density at radius 2 is 1.79 bits per heavy atom. The maximum atomic E-state index is 12.7. The van der Waals surface area contributed by atoms with Gasteiger partial charge in [-0.05, 0) is 23.6 Å². The van der Waals surface area contributed by atoms with Gasteiger partial charge in [-0.2, -0.15) is 9.29 Å². The first kappa shape index (κ1) is 24.3. The standard InChI is InChI=1S/C22H26N4O6S/c1-5-25(6-2)33(29,30)18-11-12-20(19(13-18)26(27)28)31-14-21-23-22(24-32-21)17-9-7-16(8-10-17)15(3)4/h7-13,15H,5-6,14H2,1-4H3. The van der Waals surface area contributed by atoms with E-state index in [0.29, 0.717) is 11.7 Å². The van der Waals surface area contributed by atoms with Crippen molar-refractivity contribution in [1.82, 2.24) is 14.4 Å². The molecule has 0 aliphatic heterocycles. The number of ether oxygens (including phenoxy) is 1. The molecule has 0 N–H and O–H groups in total. The second kappa shape index (κ2) is 10.1. The van der Waals surface area contributed by atoms with Gasteiger partial charge in [-0.1, -0.05) is 57.1 Å². The molecule has 3 rings (SSSR count). The van der Waals surface area contributed by atoms with Crippen LogP contribution in [0.2, 0.25) is 0 Å². The quantitative estimate of drug-likeness (QED) is 0.313. The van der Waals surface area contributed by atoms with Crippen LogP contribution < -0.4 is 4.74 Å². The van der Waals surface area contributed by atoms with Crippen molar-refractivity contribution in [3.05, 3.63) is 64.0 Å². The molecule has 0 unspecified atom stereocenters. The lowest BCUT2D eigenvalue weighted by Gasteiger charge is -2.18. The molecule has 0 saturated carbocycles. The topological polar surface area (TPSA) is 129 Å². The van der Waals surface area contributed by atoms with E-state index in [2.05, 4.69) is 24.0 Å². The third-order valence-electron chi connectivity index (χ3n) is 5.13. The maximum absolute atomic E-state index is 12.7. The highest BCUT2D eigenvalue weighted by Gasteiger charge is 2.26. The van der Waals surface area contributed by atoms with Crippen molar-refractivity contribution < 1.29 is 22.6 Å². The Morgan fingerprint density at radius 3 is 2.36 bits per heavy atom. The SMILES string of the molecule is CCN(CC)S(=O)(=O)c1ccc(OCc2nc(-c3ccc(C(C)C)cc3)no2)c([N+](=O)[O-])c1. The first-order valence-corrected chi connectivity index (χ1v) is 12.0. The molecule has 0 radical (unpaired) electrons. The van der Waals surface area contributed by atoms with Crippen molar-refractivity contribution in [3.63, 3.8) is 0 Å². The largest absolute Gasteiger partial charge is 0.477 e. The first-order chi connectivity index (χ1) is 15.7. The van der Waals surface area contributed by atoms with Crippen LogP contribution in [0.25, 0.3) is 11.4 Å². The maximum Gasteiger partial charge on any atom is 0.312 e. The molecule has 33 heavy (non-hydrogen) atoms. The van der Waals surface area contributed by atoms with E-state index in [1.807, 2.05) is 24.3 Å². The first-order valence-electron chi connectivity index (χ1n) is 10.5. The van der Waals surface area contributed by atoms with Crippen LogP contribution in [0, 0.1) is 10.1 Å². The number of nitro benzene ring substituents is 1. The minimum absolute atomic E-state index is 0.0977. The second-order valence-electron chi connectivity index (χ2n) is 7.55. The highest BCUT2D eigenvalue weighted by atomic mass is 32.2. The number of sulfonamides is 1. The van der Waals surface area contributed by atoms with Gasteiger partial charge in [0.2, 0.25) is 15.8 Å². The van der Waals surface area contributed by atoms with E-state index in [9.17, 15) is 18.5 Å². The molecule has 10 nitrogen and oxygen atoms in total. The molecule has 0 aliphatic rings. The molecule has 1 heterocycles. The van der Waals surface area contributed by atoms with Crippen molar-refractivity contribution >= 4 is 15.7 Å². The number of hydrogen-bond acceptors (Lipinski definition) is 8. The van der Waals surface area contributed by atoms with E-state index in [1.54, 1.807) is 13.8 Å². The Bertz CT molecular complexity index is 1220. The molecule has 0 saturated heterocycles. The molecule has 0 aliphatic carbocycles. The average molecular weight is 475 g/mol. The highest BCUT2D eigenvalue weighted by molar-refractivity contribution is 7.89. The molecule has 0 bridgehead atoms. The van der Waals surface area contributed by atoms with Gasteiger partial charge in [0.05, 0.1) is 9.82 Å². The Hall–Kier alpha value is -3.31. The minimum Gasteiger partial charge on any atom is -0.477 e. The van der Waals surface area contributed by atoms with Crippen LogP contribution in [0.1, 0.15) is 45.1 Å². The van der Waals surface area contributed by atoms with Gasteiger partial charge in [0.1, 0.15) is 0 Å². The van der Waals surface area contributed by atoms with Gasteiger partial charge >= 0.3 is 5.69 Å².